The molecule has 54 heavy (non-hydrogen) atoms. The maximum Gasteiger partial charge on any atom is 0.262 e. The van der Waals surface area contributed by atoms with E-state index in [1.54, 1.807) is 0 Å². The summed E-state index contributed by atoms with van der Waals surface area (Å²) in [5, 5.41) is 0.452. The molecule has 2 aliphatic carbocycles. The first-order valence-electron chi connectivity index (χ1n) is 20.7. The summed E-state index contributed by atoms with van der Waals surface area (Å²) in [6.07, 6.45) is 16.0. The minimum absolute atomic E-state index is 0.0427. The molecule has 4 aliphatic heterocycles. The van der Waals surface area contributed by atoms with Crippen LogP contribution in [-0.2, 0) is 26.3 Å². The van der Waals surface area contributed by atoms with Crippen molar-refractivity contribution in [3.05, 3.63) is 70.3 Å². The number of hydrogen-bond acceptors (Lipinski definition) is 7. The van der Waals surface area contributed by atoms with Crippen molar-refractivity contribution in [2.75, 3.05) is 64.4 Å². The highest BCUT2D eigenvalue weighted by molar-refractivity contribution is 7.99. The normalized spacial score (nSPS) is 37.0. The number of anilines is 1. The number of carbonyl (C=O) groups excluding carboxylic acids is 1. The summed E-state index contributed by atoms with van der Waals surface area (Å²) in [6, 6.07) is 12.7. The Kier molecular flexibility index (Phi) is 10.9. The van der Waals surface area contributed by atoms with Gasteiger partial charge >= 0.3 is 0 Å². The molecule has 4 heterocycles. The number of amides is 1. The molecule has 8 atom stereocenters. The number of methoxy groups -OCH3 is 1. The van der Waals surface area contributed by atoms with Crippen molar-refractivity contribution in [3.8, 4) is 5.75 Å². The number of aryl methyl sites for hydroxylation is 1. The van der Waals surface area contributed by atoms with Crippen molar-refractivity contribution in [2.24, 2.45) is 17.8 Å². The minimum atomic E-state index is -2.95. The Morgan fingerprint density at radius 1 is 1.04 bits per heavy atom. The molecule has 0 radical (unpaired) electrons. The highest BCUT2D eigenvalue weighted by atomic mass is 35.5. The molecule has 8 rings (SSSR count). The van der Waals surface area contributed by atoms with Crippen molar-refractivity contribution < 1.29 is 18.5 Å². The third-order valence-electron chi connectivity index (χ3n) is 14.4. The molecule has 1 spiro atoms. The van der Waals surface area contributed by atoms with Gasteiger partial charge in [0.1, 0.15) is 11.4 Å². The summed E-state index contributed by atoms with van der Waals surface area (Å²) in [6.45, 7) is 11.6. The van der Waals surface area contributed by atoms with Gasteiger partial charge in [-0.15, -0.1) is 0 Å². The SMILES string of the molecule is C=S1(=O)NC(=O)c2ccc3c(c2)N(C[C@@H]2CC[C@H]2[C@](CN2CCN4CCCCC[C@@H]4C2)(OC)/C=C/C[C@H](C)[C@H]1C)C[C@@]1(CCCc2cc(Cl)ccc21)CO3. The van der Waals surface area contributed by atoms with Gasteiger partial charge in [-0.25, -0.2) is 4.21 Å². The molecule has 1 unspecified atom stereocenters. The highest BCUT2D eigenvalue weighted by Crippen LogP contribution is 2.49. The van der Waals surface area contributed by atoms with E-state index < -0.39 is 15.3 Å². The number of rotatable bonds is 3. The lowest BCUT2D eigenvalue weighted by Crippen LogP contribution is -2.60. The quantitative estimate of drug-likeness (QED) is 0.263. The summed E-state index contributed by atoms with van der Waals surface area (Å²) in [7, 11) is -1.03. The number of nitrogens with zero attached hydrogens (tertiary/aromatic N) is 3. The Labute approximate surface area is 329 Å². The lowest BCUT2D eigenvalue weighted by molar-refractivity contribution is -0.0987. The van der Waals surface area contributed by atoms with Crippen molar-refractivity contribution in [3.63, 3.8) is 0 Å². The van der Waals surface area contributed by atoms with Gasteiger partial charge in [-0.2, -0.15) is 0 Å². The molecular weight excluding hydrogens is 716 g/mol. The number of benzene rings is 2. The topological polar surface area (TPSA) is 74.4 Å². The van der Waals surface area contributed by atoms with Crippen molar-refractivity contribution >= 4 is 38.8 Å². The third kappa shape index (κ3) is 7.37. The lowest BCUT2D eigenvalue weighted by atomic mass is 9.63. The number of halogens is 1. The number of nitrogens with one attached hydrogen (secondary N) is 1. The molecule has 2 aromatic rings. The molecule has 2 saturated heterocycles. The molecule has 1 amide bonds. The van der Waals surface area contributed by atoms with Crippen LogP contribution in [-0.4, -0.2) is 102 Å². The predicted octanol–water partition coefficient (Wildman–Crippen LogP) is 7.13. The number of piperazine rings is 1. The molecule has 1 N–H and O–H groups in total. The molecular formula is C44H61ClN4O4S. The molecule has 1 saturated carbocycles. The van der Waals surface area contributed by atoms with Gasteiger partial charge in [0.15, 0.2) is 0 Å². The lowest BCUT2D eigenvalue weighted by Gasteiger charge is -2.53. The number of carbonyl (C=O) groups is 1. The van der Waals surface area contributed by atoms with E-state index in [0.29, 0.717) is 30.0 Å². The van der Waals surface area contributed by atoms with Crippen LogP contribution in [0.4, 0.5) is 5.69 Å². The maximum atomic E-state index is 14.1. The summed E-state index contributed by atoms with van der Waals surface area (Å²) in [4.78, 5) is 21.8. The van der Waals surface area contributed by atoms with E-state index in [2.05, 4.69) is 56.5 Å². The third-order valence-corrected chi connectivity index (χ3v) is 16.8. The van der Waals surface area contributed by atoms with Crippen LogP contribution in [0.25, 0.3) is 0 Å². The van der Waals surface area contributed by atoms with Crippen LogP contribution in [0.5, 0.6) is 5.75 Å². The minimum Gasteiger partial charge on any atom is -0.490 e. The zero-order valence-electron chi connectivity index (χ0n) is 32.7. The Morgan fingerprint density at radius 3 is 2.72 bits per heavy atom. The van der Waals surface area contributed by atoms with Crippen LogP contribution in [0, 0.1) is 17.8 Å². The first kappa shape index (κ1) is 38.3. The molecule has 8 nitrogen and oxygen atoms in total. The van der Waals surface area contributed by atoms with Gasteiger partial charge in [-0.3, -0.25) is 19.3 Å². The van der Waals surface area contributed by atoms with Crippen molar-refractivity contribution in [1.82, 2.24) is 14.5 Å². The number of ether oxygens (including phenoxy) is 2. The summed E-state index contributed by atoms with van der Waals surface area (Å²) in [5.41, 5.74) is 3.38. The van der Waals surface area contributed by atoms with Crippen LogP contribution < -0.4 is 14.4 Å². The van der Waals surface area contributed by atoms with E-state index in [1.165, 1.54) is 43.4 Å². The first-order chi connectivity index (χ1) is 26.0. The van der Waals surface area contributed by atoms with Gasteiger partial charge in [-0.1, -0.05) is 49.6 Å². The fourth-order valence-electron chi connectivity index (χ4n) is 10.8. The zero-order valence-corrected chi connectivity index (χ0v) is 34.3. The molecule has 294 valence electrons. The van der Waals surface area contributed by atoms with E-state index in [9.17, 15) is 9.00 Å². The number of allylic oxidation sites excluding steroid dienone is 1. The molecule has 0 aromatic heterocycles. The van der Waals surface area contributed by atoms with Gasteiger partial charge in [0, 0.05) is 73.7 Å². The standard InChI is InChI=1S/C44H61ClN4O4S/c1-31-10-8-20-44(52-3,29-47-22-23-48-21-7-5-6-12-37(48)27-47)39-16-13-35(39)26-49-28-43(19-9-11-33-24-36(45)15-17-38(33)43)30-53-41-18-14-34(25-40(41)49)42(50)46-54(4,51)32(31)2/h8,14-15,17-18,20,24-25,31-32,35,37,39H,4-7,9-13,16,19,21-23,26-30H2,1-3H3,(H,46,50,51)/b20-8+/t31-,32+,35-,37+,39+,43-,44-,54?/m0/s1. The molecule has 3 fully saturated rings. The van der Waals surface area contributed by atoms with Crippen LogP contribution in [0.3, 0.4) is 0 Å². The van der Waals surface area contributed by atoms with Gasteiger partial charge in [0.2, 0.25) is 0 Å². The second-order valence-corrected chi connectivity index (χ2v) is 20.5. The summed E-state index contributed by atoms with van der Waals surface area (Å²) in [5.74, 6) is 5.30. The van der Waals surface area contributed by atoms with Gasteiger partial charge in [0.25, 0.3) is 5.91 Å². The van der Waals surface area contributed by atoms with Crippen LogP contribution in [0.15, 0.2) is 48.6 Å². The Bertz CT molecular complexity index is 1850. The monoisotopic (exact) mass is 776 g/mol. The fraction of sp³-hybridized carbons (Fsp3) is 0.636. The molecule has 10 heteroatoms. The van der Waals surface area contributed by atoms with Gasteiger partial charge in [0.05, 0.1) is 22.0 Å². The average molecular weight is 778 g/mol. The molecule has 2 bridgehead atoms. The van der Waals surface area contributed by atoms with Crippen LogP contribution in [0.1, 0.15) is 93.1 Å². The maximum absolute atomic E-state index is 14.1. The van der Waals surface area contributed by atoms with Crippen molar-refractivity contribution in [1.29, 1.82) is 0 Å². The molecule has 6 aliphatic rings. The second-order valence-electron chi connectivity index (χ2n) is 17.6. The van der Waals surface area contributed by atoms with E-state index in [1.807, 2.05) is 38.3 Å². The Morgan fingerprint density at radius 2 is 1.91 bits per heavy atom. The molecule has 2 aromatic carbocycles. The van der Waals surface area contributed by atoms with E-state index in [-0.39, 0.29) is 22.5 Å². The van der Waals surface area contributed by atoms with Crippen LogP contribution in [0.2, 0.25) is 5.02 Å². The summed E-state index contributed by atoms with van der Waals surface area (Å²) < 4.78 is 30.6. The van der Waals surface area contributed by atoms with Gasteiger partial charge in [-0.05, 0) is 130 Å². The van der Waals surface area contributed by atoms with E-state index in [4.69, 9.17) is 21.1 Å². The van der Waals surface area contributed by atoms with Crippen molar-refractivity contribution in [2.45, 2.75) is 100 Å². The smallest absolute Gasteiger partial charge is 0.262 e. The zero-order chi connectivity index (χ0) is 37.7. The van der Waals surface area contributed by atoms with E-state index in [0.717, 1.165) is 94.3 Å². The van der Waals surface area contributed by atoms with Crippen LogP contribution >= 0.6 is 11.6 Å². The Hall–Kier alpha value is -2.56. The summed E-state index contributed by atoms with van der Waals surface area (Å²) >= 11 is 6.54. The van der Waals surface area contributed by atoms with Gasteiger partial charge < -0.3 is 14.4 Å². The fourth-order valence-corrected chi connectivity index (χ4v) is 12.5. The first-order valence-corrected chi connectivity index (χ1v) is 22.8. The average Bonchev–Trinajstić information content (AvgIpc) is 3.47. The number of fused-ring (bicyclic) bond motifs is 5. The second kappa shape index (κ2) is 15.4. The Balaban J connectivity index is 1.18. The largest absolute Gasteiger partial charge is 0.490 e. The van der Waals surface area contributed by atoms with E-state index >= 15 is 0 Å². The predicted molar refractivity (Wildman–Crippen MR) is 222 cm³/mol. The highest BCUT2D eigenvalue weighted by Gasteiger charge is 2.50. The number of hydrogen-bond donors (Lipinski definition) is 1.